The molecular weight excluding hydrogens is 294 g/mol. The molecular formula is C22H25NO. The van der Waals surface area contributed by atoms with Gasteiger partial charge in [0.25, 0.3) is 0 Å². The third kappa shape index (κ3) is 3.59. The molecule has 2 saturated carbocycles. The van der Waals surface area contributed by atoms with Gasteiger partial charge in [0.2, 0.25) is 0 Å². The van der Waals surface area contributed by atoms with E-state index in [4.69, 9.17) is 0 Å². The van der Waals surface area contributed by atoms with Crippen LogP contribution < -0.4 is 5.32 Å². The van der Waals surface area contributed by atoms with Gasteiger partial charge in [-0.2, -0.15) is 0 Å². The summed E-state index contributed by atoms with van der Waals surface area (Å²) in [6, 6.07) is 16.9. The second kappa shape index (κ2) is 6.52. The monoisotopic (exact) mass is 319 g/mol. The predicted molar refractivity (Wildman–Crippen MR) is 97.5 cm³/mol. The lowest BCUT2D eigenvalue weighted by Crippen LogP contribution is -2.20. The summed E-state index contributed by atoms with van der Waals surface area (Å²) in [5.74, 6) is 1.81. The fourth-order valence-electron chi connectivity index (χ4n) is 3.48. The smallest absolute Gasteiger partial charge is 0.167 e. The molecule has 2 heteroatoms. The number of hydrogen-bond acceptors (Lipinski definition) is 2. The summed E-state index contributed by atoms with van der Waals surface area (Å²) in [5, 5.41) is 3.70. The first-order valence-corrected chi connectivity index (χ1v) is 9.12. The van der Waals surface area contributed by atoms with Gasteiger partial charge in [0.1, 0.15) is 0 Å². The Morgan fingerprint density at radius 2 is 1.92 bits per heavy atom. The summed E-state index contributed by atoms with van der Waals surface area (Å²) in [5.41, 5.74) is 4.62. The average molecular weight is 319 g/mol. The van der Waals surface area contributed by atoms with Crippen LogP contribution in [0.2, 0.25) is 0 Å². The van der Waals surface area contributed by atoms with E-state index in [1.54, 1.807) is 0 Å². The summed E-state index contributed by atoms with van der Waals surface area (Å²) in [6.07, 6.45) is 4.57. The van der Waals surface area contributed by atoms with E-state index in [0.29, 0.717) is 18.4 Å². The number of Topliss-reactive ketones (excluding diaryl/α,β-unsaturated/α-hetero) is 1. The van der Waals surface area contributed by atoms with Crippen LogP contribution in [0.3, 0.4) is 0 Å². The van der Waals surface area contributed by atoms with Gasteiger partial charge in [-0.1, -0.05) is 48.5 Å². The normalized spacial score (nSPS) is 22.4. The van der Waals surface area contributed by atoms with E-state index in [9.17, 15) is 4.79 Å². The van der Waals surface area contributed by atoms with Crippen LogP contribution in [0.1, 0.15) is 52.2 Å². The minimum atomic E-state index is 0.196. The van der Waals surface area contributed by atoms with Gasteiger partial charge in [-0.3, -0.25) is 4.79 Å². The van der Waals surface area contributed by atoms with E-state index in [1.807, 2.05) is 30.3 Å². The third-order valence-corrected chi connectivity index (χ3v) is 5.40. The average Bonchev–Trinajstić information content (AvgIpc) is 3.50. The maximum absolute atomic E-state index is 12.4. The molecule has 2 aromatic carbocycles. The second-order valence-corrected chi connectivity index (χ2v) is 7.45. The van der Waals surface area contributed by atoms with Crippen LogP contribution in [0.5, 0.6) is 0 Å². The first-order chi connectivity index (χ1) is 11.7. The molecule has 1 N–H and O–H groups in total. The van der Waals surface area contributed by atoms with E-state index >= 15 is 0 Å². The zero-order chi connectivity index (χ0) is 16.5. The van der Waals surface area contributed by atoms with Gasteiger partial charge in [0.05, 0.1) is 0 Å². The lowest BCUT2D eigenvalue weighted by molar-refractivity contribution is 0.0993. The highest BCUT2D eigenvalue weighted by Crippen LogP contribution is 2.42. The molecule has 0 radical (unpaired) electrons. The number of benzene rings is 2. The lowest BCUT2D eigenvalue weighted by Gasteiger charge is -2.09. The Morgan fingerprint density at radius 1 is 1.12 bits per heavy atom. The third-order valence-electron chi connectivity index (χ3n) is 5.40. The van der Waals surface area contributed by atoms with E-state index in [-0.39, 0.29) is 5.78 Å². The molecule has 2 aliphatic carbocycles. The standard InChI is InChI=1S/C22H25NO/c1-15-11-19(20-13-21(20)23-14-16-7-8-16)10-9-18(15)12-22(24)17-5-3-2-4-6-17/h2-6,9-11,16,20-21,23H,7-8,12-14H2,1H3. The molecule has 0 aliphatic heterocycles. The Kier molecular flexibility index (Phi) is 4.24. The van der Waals surface area contributed by atoms with Crippen molar-refractivity contribution in [2.75, 3.05) is 6.54 Å². The molecule has 0 amide bonds. The zero-order valence-corrected chi connectivity index (χ0v) is 14.3. The van der Waals surface area contributed by atoms with Crippen LogP contribution >= 0.6 is 0 Å². The molecule has 24 heavy (non-hydrogen) atoms. The van der Waals surface area contributed by atoms with Crippen molar-refractivity contribution in [3.05, 3.63) is 70.8 Å². The van der Waals surface area contributed by atoms with Gasteiger partial charge in [-0.15, -0.1) is 0 Å². The quantitative estimate of drug-likeness (QED) is 0.772. The number of ketones is 1. The van der Waals surface area contributed by atoms with Crippen LogP contribution in [0, 0.1) is 12.8 Å². The van der Waals surface area contributed by atoms with Crippen LogP contribution in [-0.4, -0.2) is 18.4 Å². The Hall–Kier alpha value is -1.93. The highest BCUT2D eigenvalue weighted by molar-refractivity contribution is 5.97. The number of rotatable bonds is 7. The topological polar surface area (TPSA) is 29.1 Å². The van der Waals surface area contributed by atoms with Crippen molar-refractivity contribution in [3.63, 3.8) is 0 Å². The van der Waals surface area contributed by atoms with Crippen molar-refractivity contribution in [1.82, 2.24) is 5.32 Å². The molecule has 4 rings (SSSR count). The Bertz CT molecular complexity index is 733. The van der Waals surface area contributed by atoms with Crippen LogP contribution in [0.25, 0.3) is 0 Å². The largest absolute Gasteiger partial charge is 0.313 e. The van der Waals surface area contributed by atoms with Gasteiger partial charge in [-0.25, -0.2) is 0 Å². The van der Waals surface area contributed by atoms with Gasteiger partial charge in [-0.05, 0) is 55.3 Å². The number of hydrogen-bond donors (Lipinski definition) is 1. The van der Waals surface area contributed by atoms with Crippen LogP contribution in [-0.2, 0) is 6.42 Å². The number of carbonyl (C=O) groups excluding carboxylic acids is 1. The van der Waals surface area contributed by atoms with Gasteiger partial charge < -0.3 is 5.32 Å². The van der Waals surface area contributed by atoms with E-state index in [0.717, 1.165) is 17.0 Å². The minimum Gasteiger partial charge on any atom is -0.313 e. The van der Waals surface area contributed by atoms with E-state index in [1.165, 1.54) is 36.9 Å². The first kappa shape index (κ1) is 15.6. The van der Waals surface area contributed by atoms with Gasteiger partial charge >= 0.3 is 0 Å². The molecule has 2 fully saturated rings. The highest BCUT2D eigenvalue weighted by Gasteiger charge is 2.39. The molecule has 0 heterocycles. The van der Waals surface area contributed by atoms with E-state index in [2.05, 4.69) is 30.4 Å². The predicted octanol–water partition coefficient (Wildman–Crippen LogP) is 4.28. The maximum Gasteiger partial charge on any atom is 0.167 e. The van der Waals surface area contributed by atoms with Crippen LogP contribution in [0.4, 0.5) is 0 Å². The molecule has 2 aliphatic rings. The number of aryl methyl sites for hydroxylation is 1. The van der Waals surface area contributed by atoms with Crippen molar-refractivity contribution < 1.29 is 4.79 Å². The summed E-state index contributed by atoms with van der Waals surface area (Å²) in [6.45, 7) is 3.33. The fourth-order valence-corrected chi connectivity index (χ4v) is 3.48. The Morgan fingerprint density at radius 3 is 2.62 bits per heavy atom. The van der Waals surface area contributed by atoms with Crippen molar-refractivity contribution in [2.45, 2.75) is 44.6 Å². The van der Waals surface area contributed by atoms with Gasteiger partial charge in [0, 0.05) is 23.9 Å². The summed E-state index contributed by atoms with van der Waals surface area (Å²) < 4.78 is 0. The first-order valence-electron chi connectivity index (χ1n) is 9.12. The molecule has 2 unspecified atom stereocenters. The molecule has 0 saturated heterocycles. The van der Waals surface area contributed by atoms with Gasteiger partial charge in [0.15, 0.2) is 5.78 Å². The summed E-state index contributed by atoms with van der Waals surface area (Å²) in [7, 11) is 0. The summed E-state index contributed by atoms with van der Waals surface area (Å²) in [4.78, 5) is 12.4. The molecule has 0 bridgehead atoms. The molecule has 2 atom stereocenters. The van der Waals surface area contributed by atoms with E-state index < -0.39 is 0 Å². The number of carbonyl (C=O) groups is 1. The lowest BCUT2D eigenvalue weighted by atomic mass is 9.96. The highest BCUT2D eigenvalue weighted by atomic mass is 16.1. The molecule has 0 spiro atoms. The van der Waals surface area contributed by atoms with Crippen LogP contribution in [0.15, 0.2) is 48.5 Å². The Balaban J connectivity index is 1.38. The Labute approximate surface area is 144 Å². The summed E-state index contributed by atoms with van der Waals surface area (Å²) >= 11 is 0. The zero-order valence-electron chi connectivity index (χ0n) is 14.3. The van der Waals surface area contributed by atoms with Crippen molar-refractivity contribution in [3.8, 4) is 0 Å². The second-order valence-electron chi connectivity index (χ2n) is 7.45. The SMILES string of the molecule is Cc1cc(C2CC2NCC2CC2)ccc1CC(=O)c1ccccc1. The van der Waals surface area contributed by atoms with Crippen molar-refractivity contribution in [1.29, 1.82) is 0 Å². The minimum absolute atomic E-state index is 0.196. The van der Waals surface area contributed by atoms with Crippen molar-refractivity contribution >= 4 is 5.78 Å². The van der Waals surface area contributed by atoms with Crippen molar-refractivity contribution in [2.24, 2.45) is 5.92 Å². The number of nitrogens with one attached hydrogen (secondary N) is 1. The molecule has 2 aromatic rings. The molecule has 124 valence electrons. The maximum atomic E-state index is 12.4. The fraction of sp³-hybridized carbons (Fsp3) is 0.409. The molecule has 0 aromatic heterocycles. The molecule has 2 nitrogen and oxygen atoms in total.